The molecule has 2 heterocycles. The van der Waals surface area contributed by atoms with E-state index in [-0.39, 0.29) is 0 Å². The van der Waals surface area contributed by atoms with Crippen molar-refractivity contribution in [3.05, 3.63) is 0 Å². The molecule has 0 aliphatic carbocycles. The maximum absolute atomic E-state index is 5.47. The van der Waals surface area contributed by atoms with E-state index in [0.717, 1.165) is 25.7 Å². The van der Waals surface area contributed by atoms with Crippen molar-refractivity contribution in [2.45, 2.75) is 32.2 Å². The summed E-state index contributed by atoms with van der Waals surface area (Å²) < 4.78 is 5.47. The van der Waals surface area contributed by atoms with Crippen molar-refractivity contribution in [1.82, 2.24) is 10.2 Å². The van der Waals surface area contributed by atoms with E-state index in [0.29, 0.717) is 5.54 Å². The Labute approximate surface area is 93.2 Å². The molecule has 0 aromatic rings. The SMILES string of the molecule is CC1CNCCN(C2(C)CCOCC2)C1. The van der Waals surface area contributed by atoms with Crippen LogP contribution in [0, 0.1) is 5.92 Å². The fourth-order valence-corrected chi connectivity index (χ4v) is 2.71. The van der Waals surface area contributed by atoms with Crippen LogP contribution in [0.3, 0.4) is 0 Å². The van der Waals surface area contributed by atoms with Crippen molar-refractivity contribution >= 4 is 0 Å². The number of rotatable bonds is 1. The van der Waals surface area contributed by atoms with Crippen molar-refractivity contribution in [2.24, 2.45) is 5.92 Å². The minimum absolute atomic E-state index is 0.387. The quantitative estimate of drug-likeness (QED) is 0.704. The molecule has 3 heteroatoms. The standard InChI is InChI=1S/C12H24N2O/c1-11-9-13-5-6-14(10-11)12(2)3-7-15-8-4-12/h11,13H,3-10H2,1-2H3. The third-order valence-electron chi connectivity index (χ3n) is 3.92. The Morgan fingerprint density at radius 3 is 2.80 bits per heavy atom. The zero-order valence-electron chi connectivity index (χ0n) is 10.1. The Morgan fingerprint density at radius 1 is 1.33 bits per heavy atom. The molecule has 2 aliphatic rings. The van der Waals surface area contributed by atoms with E-state index >= 15 is 0 Å². The number of hydrogen-bond donors (Lipinski definition) is 1. The van der Waals surface area contributed by atoms with Gasteiger partial charge in [-0.15, -0.1) is 0 Å². The summed E-state index contributed by atoms with van der Waals surface area (Å²) in [6, 6.07) is 0. The summed E-state index contributed by atoms with van der Waals surface area (Å²) >= 11 is 0. The van der Waals surface area contributed by atoms with Crippen LogP contribution in [0.25, 0.3) is 0 Å². The zero-order chi connectivity index (χ0) is 10.7. The van der Waals surface area contributed by atoms with E-state index in [2.05, 4.69) is 24.1 Å². The van der Waals surface area contributed by atoms with E-state index in [1.165, 1.54) is 32.5 Å². The summed E-state index contributed by atoms with van der Waals surface area (Å²) in [5.41, 5.74) is 0.387. The van der Waals surface area contributed by atoms with Crippen molar-refractivity contribution in [1.29, 1.82) is 0 Å². The molecule has 0 bridgehead atoms. The van der Waals surface area contributed by atoms with Crippen LogP contribution in [0.4, 0.5) is 0 Å². The van der Waals surface area contributed by atoms with Gasteiger partial charge < -0.3 is 10.1 Å². The lowest BCUT2D eigenvalue weighted by molar-refractivity contribution is -0.0201. The minimum Gasteiger partial charge on any atom is -0.381 e. The summed E-state index contributed by atoms with van der Waals surface area (Å²) in [5, 5.41) is 3.51. The highest BCUT2D eigenvalue weighted by molar-refractivity contribution is 4.90. The van der Waals surface area contributed by atoms with Gasteiger partial charge in [0.05, 0.1) is 0 Å². The number of ether oxygens (including phenoxy) is 1. The summed E-state index contributed by atoms with van der Waals surface area (Å²) in [7, 11) is 0. The molecule has 2 saturated heterocycles. The average Bonchev–Trinajstić information content (AvgIpc) is 2.44. The van der Waals surface area contributed by atoms with Crippen LogP contribution in [0.15, 0.2) is 0 Å². The zero-order valence-corrected chi connectivity index (χ0v) is 10.1. The molecule has 0 aromatic carbocycles. The molecule has 3 nitrogen and oxygen atoms in total. The molecule has 0 radical (unpaired) electrons. The molecule has 0 saturated carbocycles. The normalized spacial score (nSPS) is 33.6. The highest BCUT2D eigenvalue weighted by Crippen LogP contribution is 2.28. The van der Waals surface area contributed by atoms with E-state index < -0.39 is 0 Å². The van der Waals surface area contributed by atoms with Crippen LogP contribution in [-0.2, 0) is 4.74 Å². The first-order chi connectivity index (χ1) is 7.21. The third-order valence-corrected chi connectivity index (χ3v) is 3.92. The Kier molecular flexibility index (Phi) is 3.65. The first kappa shape index (κ1) is 11.4. The molecule has 1 N–H and O–H groups in total. The molecule has 1 atom stereocenters. The number of nitrogens with zero attached hydrogens (tertiary/aromatic N) is 1. The van der Waals surface area contributed by atoms with Crippen LogP contribution in [-0.4, -0.2) is 49.8 Å². The van der Waals surface area contributed by atoms with Crippen LogP contribution in [0.1, 0.15) is 26.7 Å². The van der Waals surface area contributed by atoms with E-state index in [1.54, 1.807) is 0 Å². The number of hydrogen-bond acceptors (Lipinski definition) is 3. The molecule has 2 aliphatic heterocycles. The Balaban J connectivity index is 1.99. The van der Waals surface area contributed by atoms with Gasteiger partial charge in [-0.2, -0.15) is 0 Å². The van der Waals surface area contributed by atoms with Crippen LogP contribution >= 0.6 is 0 Å². The molecular formula is C12H24N2O. The summed E-state index contributed by atoms with van der Waals surface area (Å²) in [6.45, 7) is 11.4. The van der Waals surface area contributed by atoms with Gasteiger partial charge in [-0.25, -0.2) is 0 Å². The Bertz CT molecular complexity index is 202. The summed E-state index contributed by atoms with van der Waals surface area (Å²) in [6.07, 6.45) is 2.39. The smallest absolute Gasteiger partial charge is 0.0483 e. The van der Waals surface area contributed by atoms with Crippen molar-refractivity contribution in [3.63, 3.8) is 0 Å². The van der Waals surface area contributed by atoms with Gasteiger partial charge in [0.15, 0.2) is 0 Å². The lowest BCUT2D eigenvalue weighted by Gasteiger charge is -2.44. The van der Waals surface area contributed by atoms with Crippen molar-refractivity contribution in [3.8, 4) is 0 Å². The summed E-state index contributed by atoms with van der Waals surface area (Å²) in [4.78, 5) is 2.68. The Hall–Kier alpha value is -0.120. The minimum atomic E-state index is 0.387. The predicted octanol–water partition coefficient (Wildman–Crippen LogP) is 1.10. The topological polar surface area (TPSA) is 24.5 Å². The van der Waals surface area contributed by atoms with Crippen LogP contribution < -0.4 is 5.32 Å². The first-order valence-corrected chi connectivity index (χ1v) is 6.24. The fraction of sp³-hybridized carbons (Fsp3) is 1.00. The second-order valence-electron chi connectivity index (χ2n) is 5.36. The van der Waals surface area contributed by atoms with E-state index in [1.807, 2.05) is 0 Å². The monoisotopic (exact) mass is 212 g/mol. The van der Waals surface area contributed by atoms with Gasteiger partial charge in [-0.05, 0) is 32.2 Å². The molecule has 0 spiro atoms. The third kappa shape index (κ3) is 2.71. The van der Waals surface area contributed by atoms with Gasteiger partial charge in [0.2, 0.25) is 0 Å². The van der Waals surface area contributed by atoms with Crippen molar-refractivity contribution in [2.75, 3.05) is 39.4 Å². The molecule has 1 unspecified atom stereocenters. The van der Waals surface area contributed by atoms with E-state index in [9.17, 15) is 0 Å². The van der Waals surface area contributed by atoms with E-state index in [4.69, 9.17) is 4.74 Å². The lowest BCUT2D eigenvalue weighted by atomic mass is 9.89. The van der Waals surface area contributed by atoms with Gasteiger partial charge in [0.1, 0.15) is 0 Å². The average molecular weight is 212 g/mol. The van der Waals surface area contributed by atoms with Gasteiger partial charge in [0, 0.05) is 38.4 Å². The van der Waals surface area contributed by atoms with Gasteiger partial charge >= 0.3 is 0 Å². The number of nitrogens with one attached hydrogen (secondary N) is 1. The molecule has 88 valence electrons. The maximum atomic E-state index is 5.47. The molecule has 0 aromatic heterocycles. The molecule has 15 heavy (non-hydrogen) atoms. The lowest BCUT2D eigenvalue weighted by Crippen LogP contribution is -2.51. The van der Waals surface area contributed by atoms with Gasteiger partial charge in [0.25, 0.3) is 0 Å². The van der Waals surface area contributed by atoms with Crippen LogP contribution in [0.2, 0.25) is 0 Å². The van der Waals surface area contributed by atoms with Gasteiger partial charge in [-0.3, -0.25) is 4.90 Å². The maximum Gasteiger partial charge on any atom is 0.0483 e. The second kappa shape index (κ2) is 4.81. The molecule has 0 amide bonds. The predicted molar refractivity (Wildman–Crippen MR) is 62.1 cm³/mol. The highest BCUT2D eigenvalue weighted by atomic mass is 16.5. The Morgan fingerprint density at radius 2 is 2.07 bits per heavy atom. The highest BCUT2D eigenvalue weighted by Gasteiger charge is 2.34. The molecule has 2 rings (SSSR count). The largest absolute Gasteiger partial charge is 0.381 e. The van der Waals surface area contributed by atoms with Crippen LogP contribution in [0.5, 0.6) is 0 Å². The second-order valence-corrected chi connectivity index (χ2v) is 5.36. The van der Waals surface area contributed by atoms with Gasteiger partial charge in [-0.1, -0.05) is 6.92 Å². The summed E-state index contributed by atoms with van der Waals surface area (Å²) in [5.74, 6) is 0.771. The van der Waals surface area contributed by atoms with Crippen molar-refractivity contribution < 1.29 is 4.74 Å². The fourth-order valence-electron chi connectivity index (χ4n) is 2.71. The molecular weight excluding hydrogens is 188 g/mol. The first-order valence-electron chi connectivity index (χ1n) is 6.24. The molecule has 2 fully saturated rings.